The topological polar surface area (TPSA) is 35.9 Å². The van der Waals surface area contributed by atoms with Crippen molar-refractivity contribution in [1.82, 2.24) is 9.80 Å². The minimum Gasteiger partial charge on any atom is -0.508 e. The van der Waals surface area contributed by atoms with Crippen molar-refractivity contribution in [1.29, 1.82) is 0 Å². The molecule has 4 heterocycles. The molecule has 0 aliphatic carbocycles. The van der Waals surface area contributed by atoms with Crippen LogP contribution in [0.15, 0.2) is 42.5 Å². The van der Waals surface area contributed by atoms with Gasteiger partial charge in [0, 0.05) is 36.7 Å². The van der Waals surface area contributed by atoms with Crippen molar-refractivity contribution in [2.24, 2.45) is 5.92 Å². The summed E-state index contributed by atoms with van der Waals surface area (Å²) in [5.74, 6) is 2.70. The van der Waals surface area contributed by atoms with Crippen LogP contribution in [0.3, 0.4) is 0 Å². The summed E-state index contributed by atoms with van der Waals surface area (Å²) in [5.41, 5.74) is 3.62. The van der Waals surface area contributed by atoms with E-state index in [-0.39, 0.29) is 0 Å². The van der Waals surface area contributed by atoms with Gasteiger partial charge in [-0.05, 0) is 62.0 Å². The van der Waals surface area contributed by atoms with Gasteiger partial charge in [-0.2, -0.15) is 0 Å². The van der Waals surface area contributed by atoms with Crippen LogP contribution in [0.2, 0.25) is 0 Å². The molecule has 4 aliphatic rings. The molecule has 2 bridgehead atoms. The lowest BCUT2D eigenvalue weighted by atomic mass is 9.75. The molecular weight excluding hydrogens is 348 g/mol. The SMILES string of the molecule is COc1ccccc1[C@H]1CN(Cc2ccc(O)c(C)c2)[C@H]2C3CCN(CC3)[C@@H]12. The van der Waals surface area contributed by atoms with Crippen LogP contribution >= 0.6 is 0 Å². The van der Waals surface area contributed by atoms with Crippen LogP contribution in [-0.4, -0.2) is 53.7 Å². The Labute approximate surface area is 167 Å². The lowest BCUT2D eigenvalue weighted by molar-refractivity contribution is -0.00879. The second-order valence-electron chi connectivity index (χ2n) is 8.75. The van der Waals surface area contributed by atoms with Crippen molar-refractivity contribution < 1.29 is 9.84 Å². The largest absolute Gasteiger partial charge is 0.508 e. The number of para-hydroxylation sites is 1. The summed E-state index contributed by atoms with van der Waals surface area (Å²) in [7, 11) is 1.79. The van der Waals surface area contributed by atoms with E-state index < -0.39 is 0 Å². The van der Waals surface area contributed by atoms with E-state index in [2.05, 4.69) is 46.2 Å². The third-order valence-electron chi connectivity index (χ3n) is 7.28. The van der Waals surface area contributed by atoms with Crippen LogP contribution < -0.4 is 4.74 Å². The zero-order valence-electron chi connectivity index (χ0n) is 16.8. The van der Waals surface area contributed by atoms with Gasteiger partial charge in [0.25, 0.3) is 0 Å². The van der Waals surface area contributed by atoms with Crippen molar-refractivity contribution >= 4 is 0 Å². The molecule has 3 atom stereocenters. The summed E-state index contributed by atoms with van der Waals surface area (Å²) in [4.78, 5) is 5.45. The summed E-state index contributed by atoms with van der Waals surface area (Å²) in [6, 6.07) is 15.8. The van der Waals surface area contributed by atoms with E-state index in [1.54, 1.807) is 7.11 Å². The first-order valence-electron chi connectivity index (χ1n) is 10.5. The number of hydrogen-bond acceptors (Lipinski definition) is 4. The van der Waals surface area contributed by atoms with E-state index in [0.717, 1.165) is 30.3 Å². The molecule has 4 aliphatic heterocycles. The summed E-state index contributed by atoms with van der Waals surface area (Å²) >= 11 is 0. The fourth-order valence-electron chi connectivity index (χ4n) is 6.02. The van der Waals surface area contributed by atoms with E-state index in [1.807, 2.05) is 13.0 Å². The van der Waals surface area contributed by atoms with Crippen LogP contribution in [0.25, 0.3) is 0 Å². The minimum atomic E-state index is 0.387. The van der Waals surface area contributed by atoms with Crippen LogP contribution in [0.4, 0.5) is 0 Å². The molecule has 0 spiro atoms. The Morgan fingerprint density at radius 1 is 1.07 bits per heavy atom. The molecule has 0 aromatic heterocycles. The van der Waals surface area contributed by atoms with Gasteiger partial charge < -0.3 is 9.84 Å². The summed E-state index contributed by atoms with van der Waals surface area (Å²) in [6.07, 6.45) is 2.65. The van der Waals surface area contributed by atoms with Gasteiger partial charge >= 0.3 is 0 Å². The molecule has 4 heteroatoms. The van der Waals surface area contributed by atoms with Gasteiger partial charge in [0.05, 0.1) is 7.11 Å². The molecule has 2 aromatic rings. The normalized spacial score (nSPS) is 31.7. The molecule has 1 N–H and O–H groups in total. The van der Waals surface area contributed by atoms with Crippen molar-refractivity contribution in [2.75, 3.05) is 26.7 Å². The number of benzene rings is 2. The van der Waals surface area contributed by atoms with E-state index >= 15 is 0 Å². The number of aromatic hydroxyl groups is 1. The number of hydrogen-bond donors (Lipinski definition) is 1. The van der Waals surface area contributed by atoms with Crippen LogP contribution in [0.1, 0.15) is 35.4 Å². The Morgan fingerprint density at radius 3 is 2.61 bits per heavy atom. The number of likely N-dealkylation sites (tertiary alicyclic amines) is 1. The lowest BCUT2D eigenvalue weighted by Crippen LogP contribution is -2.60. The average molecular weight is 379 g/mol. The maximum atomic E-state index is 9.89. The molecule has 0 amide bonds. The highest BCUT2D eigenvalue weighted by molar-refractivity contribution is 5.40. The van der Waals surface area contributed by atoms with Gasteiger partial charge in [0.1, 0.15) is 11.5 Å². The molecule has 148 valence electrons. The van der Waals surface area contributed by atoms with Gasteiger partial charge in [-0.25, -0.2) is 0 Å². The molecule has 0 unspecified atom stereocenters. The number of aryl methyl sites for hydroxylation is 1. The second kappa shape index (κ2) is 7.09. The lowest BCUT2D eigenvalue weighted by Gasteiger charge is -2.51. The van der Waals surface area contributed by atoms with E-state index in [1.165, 1.54) is 37.1 Å². The number of methoxy groups -OCH3 is 1. The Kier molecular flexibility index (Phi) is 4.56. The molecule has 28 heavy (non-hydrogen) atoms. The summed E-state index contributed by atoms with van der Waals surface area (Å²) < 4.78 is 5.74. The number of nitrogens with zero attached hydrogens (tertiary/aromatic N) is 2. The number of rotatable bonds is 4. The highest BCUT2D eigenvalue weighted by Crippen LogP contribution is 2.48. The van der Waals surface area contributed by atoms with Gasteiger partial charge in [-0.15, -0.1) is 0 Å². The number of piperidine rings is 3. The molecule has 4 fully saturated rings. The molecule has 4 saturated heterocycles. The summed E-state index contributed by atoms with van der Waals surface area (Å²) in [6.45, 7) is 6.49. The third kappa shape index (κ3) is 2.90. The fraction of sp³-hybridized carbons (Fsp3) is 0.500. The van der Waals surface area contributed by atoms with Crippen molar-refractivity contribution in [3.8, 4) is 11.5 Å². The van der Waals surface area contributed by atoms with Gasteiger partial charge in [0.2, 0.25) is 0 Å². The standard InChI is InChI=1S/C24H30N2O2/c1-16-13-17(7-8-21(16)27)14-26-15-20(19-5-3-4-6-22(19)28-2)24-23(26)18-9-11-25(24)12-10-18/h3-8,13,18,20,23-24,27H,9-12,14-15H2,1-2H3/t20-,23+,24+/m1/s1. The molecule has 0 saturated carbocycles. The zero-order valence-corrected chi connectivity index (χ0v) is 16.8. The molecule has 2 aromatic carbocycles. The minimum absolute atomic E-state index is 0.387. The smallest absolute Gasteiger partial charge is 0.122 e. The van der Waals surface area contributed by atoms with Crippen molar-refractivity contribution in [3.05, 3.63) is 59.2 Å². The van der Waals surface area contributed by atoms with E-state index in [0.29, 0.717) is 23.8 Å². The van der Waals surface area contributed by atoms with Gasteiger partial charge in [-0.1, -0.05) is 30.3 Å². The predicted molar refractivity (Wildman–Crippen MR) is 111 cm³/mol. The monoisotopic (exact) mass is 378 g/mol. The molecule has 6 rings (SSSR count). The number of phenols is 1. The molecular formula is C24H30N2O2. The maximum Gasteiger partial charge on any atom is 0.122 e. The zero-order chi connectivity index (χ0) is 19.3. The third-order valence-corrected chi connectivity index (χ3v) is 7.28. The Morgan fingerprint density at radius 2 is 1.86 bits per heavy atom. The first-order chi connectivity index (χ1) is 13.7. The van der Waals surface area contributed by atoms with Crippen LogP contribution in [0, 0.1) is 12.8 Å². The Bertz CT molecular complexity index is 859. The molecule has 0 radical (unpaired) electrons. The van der Waals surface area contributed by atoms with Crippen LogP contribution in [-0.2, 0) is 6.54 Å². The number of fused-ring (bicyclic) bond motifs is 2. The van der Waals surface area contributed by atoms with Crippen LogP contribution in [0.5, 0.6) is 11.5 Å². The van der Waals surface area contributed by atoms with Crippen molar-refractivity contribution in [3.63, 3.8) is 0 Å². The van der Waals surface area contributed by atoms with Gasteiger partial charge in [0.15, 0.2) is 0 Å². The number of phenolic OH excluding ortho intramolecular Hbond substituents is 1. The average Bonchev–Trinajstić information content (AvgIpc) is 3.13. The van der Waals surface area contributed by atoms with E-state index in [4.69, 9.17) is 4.74 Å². The van der Waals surface area contributed by atoms with E-state index in [9.17, 15) is 5.11 Å². The quantitative estimate of drug-likeness (QED) is 0.879. The van der Waals surface area contributed by atoms with Crippen molar-refractivity contribution in [2.45, 2.75) is 44.3 Å². The molecule has 4 nitrogen and oxygen atoms in total. The van der Waals surface area contributed by atoms with Gasteiger partial charge in [-0.3, -0.25) is 9.80 Å². The fourth-order valence-corrected chi connectivity index (χ4v) is 6.02. The first-order valence-corrected chi connectivity index (χ1v) is 10.5. The Balaban J connectivity index is 1.49. The highest BCUT2D eigenvalue weighted by atomic mass is 16.5. The number of ether oxygens (including phenoxy) is 1. The first kappa shape index (κ1) is 18.0. The highest BCUT2D eigenvalue weighted by Gasteiger charge is 2.53. The summed E-state index contributed by atoms with van der Waals surface area (Å²) in [5, 5.41) is 9.89. The Hall–Kier alpha value is -2.04. The second-order valence-corrected chi connectivity index (χ2v) is 8.75. The maximum absolute atomic E-state index is 9.89. The predicted octanol–water partition coefficient (Wildman–Crippen LogP) is 3.77.